The summed E-state index contributed by atoms with van der Waals surface area (Å²) in [6, 6.07) is 26.4. The molecular formula is C28H29N3O2. The number of carbonyl (C=O) groups is 1. The normalized spacial score (nSPS) is 16.3. The van der Waals surface area contributed by atoms with E-state index in [2.05, 4.69) is 40.6 Å². The van der Waals surface area contributed by atoms with E-state index in [0.717, 1.165) is 41.9 Å². The van der Waals surface area contributed by atoms with Crippen molar-refractivity contribution in [3.63, 3.8) is 0 Å². The highest BCUT2D eigenvalue weighted by atomic mass is 16.5. The first-order chi connectivity index (χ1) is 16.3. The molecule has 0 aliphatic carbocycles. The quantitative estimate of drug-likeness (QED) is 0.430. The molecule has 3 aromatic carbocycles. The van der Waals surface area contributed by atoms with Gasteiger partial charge in [-0.15, -0.1) is 0 Å². The summed E-state index contributed by atoms with van der Waals surface area (Å²) in [5.74, 6) is 1.06. The molecule has 5 rings (SSSR count). The minimum absolute atomic E-state index is 0.175. The third kappa shape index (κ3) is 4.94. The molecule has 33 heavy (non-hydrogen) atoms. The molecule has 2 heterocycles. The molecule has 0 saturated carbocycles. The maximum Gasteiger partial charge on any atom is 0.240 e. The fourth-order valence-corrected chi connectivity index (χ4v) is 4.54. The van der Waals surface area contributed by atoms with Crippen LogP contribution in [0.5, 0.6) is 5.75 Å². The molecule has 1 saturated heterocycles. The molecule has 1 aliphatic rings. The van der Waals surface area contributed by atoms with Crippen LogP contribution in [0, 0.1) is 0 Å². The number of nitrogens with one attached hydrogen (secondary N) is 2. The van der Waals surface area contributed by atoms with Crippen molar-refractivity contribution in [3.05, 3.63) is 102 Å². The first kappa shape index (κ1) is 21.3. The van der Waals surface area contributed by atoms with E-state index in [4.69, 9.17) is 4.74 Å². The zero-order valence-corrected chi connectivity index (χ0v) is 18.7. The van der Waals surface area contributed by atoms with Gasteiger partial charge in [0.05, 0.1) is 6.04 Å². The first-order valence-corrected chi connectivity index (χ1v) is 11.6. The predicted octanol–water partition coefficient (Wildman–Crippen LogP) is 4.33. The Balaban J connectivity index is 1.21. The number of rotatable bonds is 8. The summed E-state index contributed by atoms with van der Waals surface area (Å²) >= 11 is 0. The van der Waals surface area contributed by atoms with Crippen molar-refractivity contribution in [2.45, 2.75) is 25.5 Å². The second kappa shape index (κ2) is 9.92. The number of amides is 1. The monoisotopic (exact) mass is 439 g/mol. The number of carbonyl (C=O) groups excluding carboxylic acids is 1. The summed E-state index contributed by atoms with van der Waals surface area (Å²) < 4.78 is 6.10. The van der Waals surface area contributed by atoms with Crippen LogP contribution in [0.15, 0.2) is 85.1 Å². The smallest absolute Gasteiger partial charge is 0.240 e. The van der Waals surface area contributed by atoms with E-state index < -0.39 is 0 Å². The van der Waals surface area contributed by atoms with E-state index in [9.17, 15) is 4.79 Å². The number of hydrogen-bond donors (Lipinski definition) is 2. The lowest BCUT2D eigenvalue weighted by Gasteiger charge is -2.33. The van der Waals surface area contributed by atoms with Gasteiger partial charge in [0.15, 0.2) is 0 Å². The first-order valence-electron chi connectivity index (χ1n) is 11.6. The van der Waals surface area contributed by atoms with Crippen LogP contribution in [0.4, 0.5) is 0 Å². The average Bonchev–Trinajstić information content (AvgIpc) is 3.27. The van der Waals surface area contributed by atoms with Crippen LogP contribution < -0.4 is 10.1 Å². The number of nitrogens with zero attached hydrogens (tertiary/aromatic N) is 1. The molecule has 1 amide bonds. The molecular weight excluding hydrogens is 410 g/mol. The molecule has 168 valence electrons. The maximum atomic E-state index is 13.2. The van der Waals surface area contributed by atoms with E-state index in [1.165, 1.54) is 10.9 Å². The molecule has 0 radical (unpaired) electrons. The van der Waals surface area contributed by atoms with Gasteiger partial charge in [-0.1, -0.05) is 66.7 Å². The maximum absolute atomic E-state index is 13.2. The second-order valence-electron chi connectivity index (χ2n) is 8.53. The third-order valence-corrected chi connectivity index (χ3v) is 6.34. The van der Waals surface area contributed by atoms with Gasteiger partial charge in [0.25, 0.3) is 0 Å². The standard InChI is InChI=1S/C28H29N3O2/c32-28-26(18-23-19-30-25-12-6-5-11-24(23)25)29-15-17-31(28)16-14-22-10-4-7-13-27(22)33-20-21-8-2-1-3-9-21/h1-13,19,26,29-30H,14-18,20H2. The molecule has 1 fully saturated rings. The van der Waals surface area contributed by atoms with Crippen LogP contribution in [0.2, 0.25) is 0 Å². The van der Waals surface area contributed by atoms with Crippen LogP contribution in [0.1, 0.15) is 16.7 Å². The lowest BCUT2D eigenvalue weighted by molar-refractivity contribution is -0.135. The minimum Gasteiger partial charge on any atom is -0.489 e. The number of hydrogen-bond acceptors (Lipinski definition) is 3. The van der Waals surface area contributed by atoms with Crippen LogP contribution in [-0.2, 0) is 24.2 Å². The highest BCUT2D eigenvalue weighted by molar-refractivity contribution is 5.86. The van der Waals surface area contributed by atoms with Crippen molar-refractivity contribution in [3.8, 4) is 5.75 Å². The molecule has 4 aromatic rings. The largest absolute Gasteiger partial charge is 0.489 e. The molecule has 1 aromatic heterocycles. The Kier molecular flexibility index (Phi) is 6.40. The lowest BCUT2D eigenvalue weighted by Crippen LogP contribution is -2.56. The Bertz CT molecular complexity index is 1220. The van der Waals surface area contributed by atoms with Crippen LogP contribution in [0.3, 0.4) is 0 Å². The van der Waals surface area contributed by atoms with Crippen LogP contribution in [-0.4, -0.2) is 41.5 Å². The molecule has 0 spiro atoms. The van der Waals surface area contributed by atoms with E-state index in [1.54, 1.807) is 0 Å². The van der Waals surface area contributed by atoms with Crippen molar-refractivity contribution >= 4 is 16.8 Å². The van der Waals surface area contributed by atoms with E-state index in [-0.39, 0.29) is 11.9 Å². The van der Waals surface area contributed by atoms with Crippen LogP contribution >= 0.6 is 0 Å². The van der Waals surface area contributed by atoms with Crippen molar-refractivity contribution in [2.75, 3.05) is 19.6 Å². The Labute approximate surface area is 194 Å². The van der Waals surface area contributed by atoms with Gasteiger partial charge >= 0.3 is 0 Å². The topological polar surface area (TPSA) is 57.4 Å². The summed E-state index contributed by atoms with van der Waals surface area (Å²) in [5, 5.41) is 4.61. The zero-order valence-electron chi connectivity index (χ0n) is 18.7. The predicted molar refractivity (Wildman–Crippen MR) is 131 cm³/mol. The van der Waals surface area contributed by atoms with Crippen molar-refractivity contribution in [1.29, 1.82) is 0 Å². The molecule has 1 atom stereocenters. The number of ether oxygens (including phenoxy) is 1. The van der Waals surface area contributed by atoms with Gasteiger partial charge in [-0.05, 0) is 41.7 Å². The Hall–Kier alpha value is -3.57. The van der Waals surface area contributed by atoms with Gasteiger partial charge < -0.3 is 19.9 Å². The number of fused-ring (bicyclic) bond motifs is 1. The average molecular weight is 440 g/mol. The van der Waals surface area contributed by atoms with Gasteiger partial charge in [0.2, 0.25) is 5.91 Å². The number of para-hydroxylation sites is 2. The van der Waals surface area contributed by atoms with Crippen LogP contribution in [0.25, 0.3) is 10.9 Å². The fraction of sp³-hybridized carbons (Fsp3) is 0.250. The highest BCUT2D eigenvalue weighted by Crippen LogP contribution is 2.22. The SMILES string of the molecule is O=C1C(Cc2c[nH]c3ccccc23)NCCN1CCc1ccccc1OCc1ccccc1. The molecule has 0 bridgehead atoms. The number of aromatic amines is 1. The van der Waals surface area contributed by atoms with Crippen molar-refractivity contribution < 1.29 is 9.53 Å². The van der Waals surface area contributed by atoms with E-state index in [1.807, 2.05) is 59.6 Å². The number of benzene rings is 3. The number of piperazine rings is 1. The van der Waals surface area contributed by atoms with Gasteiger partial charge in [0, 0.05) is 36.7 Å². The van der Waals surface area contributed by atoms with Gasteiger partial charge in [0.1, 0.15) is 12.4 Å². The highest BCUT2D eigenvalue weighted by Gasteiger charge is 2.29. The third-order valence-electron chi connectivity index (χ3n) is 6.34. The molecule has 5 nitrogen and oxygen atoms in total. The van der Waals surface area contributed by atoms with E-state index >= 15 is 0 Å². The fourth-order valence-electron chi connectivity index (χ4n) is 4.54. The van der Waals surface area contributed by atoms with E-state index in [0.29, 0.717) is 19.6 Å². The Morgan fingerprint density at radius 3 is 2.61 bits per heavy atom. The van der Waals surface area contributed by atoms with Crippen molar-refractivity contribution in [1.82, 2.24) is 15.2 Å². The summed E-state index contributed by atoms with van der Waals surface area (Å²) in [4.78, 5) is 18.5. The summed E-state index contributed by atoms with van der Waals surface area (Å²) in [6.07, 6.45) is 3.49. The zero-order chi connectivity index (χ0) is 22.5. The summed E-state index contributed by atoms with van der Waals surface area (Å²) in [7, 11) is 0. The molecule has 5 heteroatoms. The number of aromatic nitrogens is 1. The van der Waals surface area contributed by atoms with Gasteiger partial charge in [-0.3, -0.25) is 4.79 Å². The molecule has 1 unspecified atom stereocenters. The molecule has 2 N–H and O–H groups in total. The summed E-state index contributed by atoms with van der Waals surface area (Å²) in [5.41, 5.74) is 4.57. The summed E-state index contributed by atoms with van der Waals surface area (Å²) in [6.45, 7) is 2.77. The van der Waals surface area contributed by atoms with Crippen molar-refractivity contribution in [2.24, 2.45) is 0 Å². The second-order valence-corrected chi connectivity index (χ2v) is 8.53. The minimum atomic E-state index is -0.192. The molecule has 1 aliphatic heterocycles. The van der Waals surface area contributed by atoms with Gasteiger partial charge in [-0.2, -0.15) is 0 Å². The Morgan fingerprint density at radius 2 is 1.70 bits per heavy atom. The van der Waals surface area contributed by atoms with Gasteiger partial charge in [-0.25, -0.2) is 0 Å². The lowest BCUT2D eigenvalue weighted by atomic mass is 10.0. The Morgan fingerprint density at radius 1 is 0.909 bits per heavy atom. The number of H-pyrrole nitrogens is 1.